The predicted molar refractivity (Wildman–Crippen MR) is 115 cm³/mol. The molecule has 1 aromatic carbocycles. The molecule has 31 heavy (non-hydrogen) atoms. The van der Waals surface area contributed by atoms with Gasteiger partial charge in [0.1, 0.15) is 18.4 Å². The van der Waals surface area contributed by atoms with E-state index in [9.17, 15) is 18.9 Å². The van der Waals surface area contributed by atoms with Gasteiger partial charge in [-0.05, 0) is 38.3 Å². The molecule has 0 saturated carbocycles. The average molecular weight is 454 g/mol. The molecule has 4 atom stereocenters. The van der Waals surface area contributed by atoms with E-state index < -0.39 is 44.0 Å². The van der Waals surface area contributed by atoms with Crippen LogP contribution in [0.4, 0.5) is 4.79 Å². The highest BCUT2D eigenvalue weighted by atomic mass is 31.1. The van der Waals surface area contributed by atoms with Gasteiger partial charge in [-0.3, -0.25) is 4.57 Å². The summed E-state index contributed by atoms with van der Waals surface area (Å²) in [5, 5.41) is 5.51. The van der Waals surface area contributed by atoms with E-state index in [4.69, 9.17) is 14.0 Å². The van der Waals surface area contributed by atoms with Crippen LogP contribution in [0, 0.1) is 0 Å². The fourth-order valence-electron chi connectivity index (χ4n) is 3.01. The molecule has 0 bridgehead atoms. The number of carbonyl (C=O) groups excluding carboxylic acids is 3. The Morgan fingerprint density at radius 1 is 1.26 bits per heavy atom. The molecule has 10 heteroatoms. The maximum absolute atomic E-state index is 12.7. The van der Waals surface area contributed by atoms with Crippen LogP contribution in [0.25, 0.3) is 0 Å². The van der Waals surface area contributed by atoms with Crippen LogP contribution < -0.4 is 10.6 Å². The van der Waals surface area contributed by atoms with E-state index in [1.165, 1.54) is 6.92 Å². The summed E-state index contributed by atoms with van der Waals surface area (Å²) in [5.41, 5.74) is 0.824. The van der Waals surface area contributed by atoms with Crippen molar-refractivity contribution in [3.05, 3.63) is 35.9 Å². The maximum Gasteiger partial charge on any atom is 0.408 e. The van der Waals surface area contributed by atoms with Crippen molar-refractivity contribution in [3.63, 3.8) is 0 Å². The zero-order valence-electron chi connectivity index (χ0n) is 17.9. The van der Waals surface area contributed by atoms with Crippen LogP contribution in [0.2, 0.25) is 0 Å². The smallest absolute Gasteiger partial charge is 0.408 e. The molecule has 1 aliphatic heterocycles. The van der Waals surface area contributed by atoms with Crippen LogP contribution in [0.15, 0.2) is 30.3 Å². The Labute approximate surface area is 183 Å². The number of alkyl carbamates (subject to hydrolysis) is 1. The highest BCUT2D eigenvalue weighted by molar-refractivity contribution is 7.40. The van der Waals surface area contributed by atoms with Crippen LogP contribution in [0.5, 0.6) is 0 Å². The third kappa shape index (κ3) is 8.81. The Balaban J connectivity index is 1.84. The molecule has 0 aliphatic carbocycles. The minimum Gasteiger partial charge on any atom is -0.445 e. The molecule has 1 heterocycles. The fraction of sp³-hybridized carbons (Fsp3) is 0.571. The Bertz CT molecular complexity index is 753. The van der Waals surface area contributed by atoms with Crippen LogP contribution in [0.3, 0.4) is 0 Å². The van der Waals surface area contributed by atoms with Crippen molar-refractivity contribution < 1.29 is 32.9 Å². The number of rotatable bonds is 11. The number of carbonyl (C=O) groups is 3. The van der Waals surface area contributed by atoms with Gasteiger partial charge < -0.3 is 24.6 Å². The lowest BCUT2D eigenvalue weighted by Gasteiger charge is -2.20. The lowest BCUT2D eigenvalue weighted by Crippen LogP contribution is -2.37. The van der Waals surface area contributed by atoms with Gasteiger partial charge in [0.25, 0.3) is 0 Å². The van der Waals surface area contributed by atoms with Gasteiger partial charge >= 0.3 is 18.0 Å². The minimum atomic E-state index is -2.86. The number of unbranched alkanes of at least 4 members (excludes halogenated alkanes) is 1. The highest BCUT2D eigenvalue weighted by Gasteiger charge is 2.30. The molecular weight excluding hydrogens is 423 g/mol. The van der Waals surface area contributed by atoms with Crippen molar-refractivity contribution in [1.82, 2.24) is 10.6 Å². The quantitative estimate of drug-likeness (QED) is 0.297. The van der Waals surface area contributed by atoms with E-state index in [-0.39, 0.29) is 6.61 Å². The molecule has 0 radical (unpaired) electrons. The van der Waals surface area contributed by atoms with Crippen LogP contribution in [-0.4, -0.2) is 42.5 Å². The van der Waals surface area contributed by atoms with Gasteiger partial charge in [0.15, 0.2) is 6.10 Å². The minimum absolute atomic E-state index is 0.0784. The normalized spacial score (nSPS) is 18.6. The molecular formula is C21H31N2O7P. The Hall–Kier alpha value is -2.22. The largest absolute Gasteiger partial charge is 0.445 e. The summed E-state index contributed by atoms with van der Waals surface area (Å²) in [6.45, 7) is 4.10. The third-order valence-electron chi connectivity index (χ3n) is 4.81. The second kappa shape index (κ2) is 13.2. The lowest BCUT2D eigenvalue weighted by molar-refractivity contribution is -0.165. The van der Waals surface area contributed by atoms with Crippen molar-refractivity contribution in [2.24, 2.45) is 0 Å². The first-order valence-corrected chi connectivity index (χ1v) is 12.0. The molecule has 1 saturated heterocycles. The Morgan fingerprint density at radius 2 is 2.00 bits per heavy atom. The van der Waals surface area contributed by atoms with Gasteiger partial charge in [-0.25, -0.2) is 14.4 Å². The number of ether oxygens (including phenoxy) is 2. The topological polar surface area (TPSA) is 120 Å². The first-order chi connectivity index (χ1) is 14.9. The molecule has 1 fully saturated rings. The SMILES string of the molecule is CCCCC(NC(=O)OCc1ccccc1)[PH](=O)OC(C)C(=O)OC(=O)[C@@H]1CCCN1. The number of benzene rings is 1. The summed E-state index contributed by atoms with van der Waals surface area (Å²) in [6.07, 6.45) is 1.44. The third-order valence-corrected chi connectivity index (χ3v) is 6.39. The first kappa shape index (κ1) is 25.0. The van der Waals surface area contributed by atoms with E-state index in [2.05, 4.69) is 10.6 Å². The second-order valence-corrected chi connectivity index (χ2v) is 8.94. The molecule has 2 N–H and O–H groups in total. The first-order valence-electron chi connectivity index (χ1n) is 10.6. The summed E-state index contributed by atoms with van der Waals surface area (Å²) >= 11 is 0. The van der Waals surface area contributed by atoms with Crippen molar-refractivity contribution in [3.8, 4) is 0 Å². The van der Waals surface area contributed by atoms with Gasteiger partial charge in [-0.15, -0.1) is 0 Å². The van der Waals surface area contributed by atoms with Crippen molar-refractivity contribution in [2.45, 2.75) is 70.5 Å². The van der Waals surface area contributed by atoms with Gasteiger partial charge in [0, 0.05) is 0 Å². The van der Waals surface area contributed by atoms with Crippen molar-refractivity contribution >= 4 is 26.1 Å². The molecule has 3 unspecified atom stereocenters. The molecule has 2 rings (SSSR count). The molecule has 9 nitrogen and oxygen atoms in total. The predicted octanol–water partition coefficient (Wildman–Crippen LogP) is 3.13. The van der Waals surface area contributed by atoms with Gasteiger partial charge in [-0.2, -0.15) is 0 Å². The van der Waals surface area contributed by atoms with Gasteiger partial charge in [0.05, 0.1) is 0 Å². The van der Waals surface area contributed by atoms with E-state index in [0.29, 0.717) is 25.8 Å². The number of hydrogen-bond acceptors (Lipinski definition) is 8. The van der Waals surface area contributed by atoms with E-state index in [1.54, 1.807) is 0 Å². The monoisotopic (exact) mass is 454 g/mol. The number of hydrogen-bond donors (Lipinski definition) is 2. The van der Waals surface area contributed by atoms with Gasteiger partial charge in [-0.1, -0.05) is 50.1 Å². The lowest BCUT2D eigenvalue weighted by atomic mass is 10.2. The average Bonchev–Trinajstić information content (AvgIpc) is 3.31. The van der Waals surface area contributed by atoms with Crippen LogP contribution >= 0.6 is 8.03 Å². The summed E-state index contributed by atoms with van der Waals surface area (Å²) in [4.78, 5) is 36.2. The van der Waals surface area contributed by atoms with Crippen LogP contribution in [0.1, 0.15) is 51.5 Å². The fourth-order valence-corrected chi connectivity index (χ4v) is 4.29. The van der Waals surface area contributed by atoms with E-state index in [1.807, 2.05) is 37.3 Å². The zero-order chi connectivity index (χ0) is 22.6. The molecule has 1 aliphatic rings. The molecule has 172 valence electrons. The molecule has 1 aromatic rings. The molecule has 0 spiro atoms. The van der Waals surface area contributed by atoms with Crippen LogP contribution in [-0.2, 0) is 34.8 Å². The van der Waals surface area contributed by atoms with Gasteiger partial charge in [0.2, 0.25) is 8.03 Å². The molecule has 1 amide bonds. The summed E-state index contributed by atoms with van der Waals surface area (Å²) in [6, 6.07) is 8.67. The van der Waals surface area contributed by atoms with E-state index in [0.717, 1.165) is 18.4 Å². The van der Waals surface area contributed by atoms with Crippen molar-refractivity contribution in [1.29, 1.82) is 0 Å². The number of esters is 2. The number of amides is 1. The highest BCUT2D eigenvalue weighted by Crippen LogP contribution is 2.33. The summed E-state index contributed by atoms with van der Waals surface area (Å²) in [7, 11) is -2.86. The van der Waals surface area contributed by atoms with E-state index >= 15 is 0 Å². The molecule has 0 aromatic heterocycles. The second-order valence-electron chi connectivity index (χ2n) is 7.37. The Morgan fingerprint density at radius 3 is 2.65 bits per heavy atom. The maximum atomic E-state index is 12.7. The standard InChI is InChI=1S/C21H31N2O7P/c1-3-4-12-18(23-21(26)28-14-16-9-6-5-7-10-16)31(27)30-15(2)19(24)29-20(25)17-11-8-13-22-17/h5-7,9-10,15,17-18,22,31H,3-4,8,11-14H2,1-2H3,(H,23,26)/t15?,17-,18?/m0/s1. The number of nitrogens with one attached hydrogen (secondary N) is 2. The summed E-state index contributed by atoms with van der Waals surface area (Å²) < 4.78 is 28.0. The zero-order valence-corrected chi connectivity index (χ0v) is 18.9. The summed E-state index contributed by atoms with van der Waals surface area (Å²) in [5.74, 6) is -2.36. The van der Waals surface area contributed by atoms with Crippen molar-refractivity contribution in [2.75, 3.05) is 6.54 Å². The Kier molecular flexibility index (Phi) is 10.7.